The van der Waals surface area contributed by atoms with Crippen molar-refractivity contribution in [3.05, 3.63) is 78.9 Å². The van der Waals surface area contributed by atoms with Gasteiger partial charge in [0.2, 0.25) is 5.91 Å². The van der Waals surface area contributed by atoms with Gasteiger partial charge in [0.05, 0.1) is 17.5 Å². The van der Waals surface area contributed by atoms with E-state index in [0.29, 0.717) is 24.3 Å². The Balaban J connectivity index is 1.39. The van der Waals surface area contributed by atoms with Crippen molar-refractivity contribution >= 4 is 11.6 Å². The molecule has 0 spiro atoms. The van der Waals surface area contributed by atoms with Crippen LogP contribution in [0.5, 0.6) is 0 Å². The highest BCUT2D eigenvalue weighted by Gasteiger charge is 2.62. The van der Waals surface area contributed by atoms with Gasteiger partial charge < -0.3 is 4.90 Å². The minimum Gasteiger partial charge on any atom is -0.308 e. The summed E-state index contributed by atoms with van der Waals surface area (Å²) in [6.45, 7) is 0.608. The average Bonchev–Trinajstić information content (AvgIpc) is 3.34. The summed E-state index contributed by atoms with van der Waals surface area (Å²) in [5.41, 5.74) is 1.80. The molecule has 4 bridgehead atoms. The van der Waals surface area contributed by atoms with Crippen LogP contribution < -0.4 is 4.90 Å². The number of benzene rings is 2. The third-order valence-electron chi connectivity index (χ3n) is 7.89. The fraction of sp³-hybridized carbons (Fsp3) is 0.423. The molecule has 3 aromatic rings. The average molecular weight is 413 g/mol. The monoisotopic (exact) mass is 412 g/mol. The van der Waals surface area contributed by atoms with Crippen LogP contribution in [-0.2, 0) is 16.9 Å². The van der Waals surface area contributed by atoms with Gasteiger partial charge in [0.25, 0.3) is 0 Å². The predicted octanol–water partition coefficient (Wildman–Crippen LogP) is 4.81. The van der Waals surface area contributed by atoms with E-state index in [1.807, 2.05) is 47.6 Å². The molecule has 4 aliphatic rings. The van der Waals surface area contributed by atoms with E-state index in [2.05, 4.69) is 39.0 Å². The fourth-order valence-electron chi connectivity index (χ4n) is 7.13. The molecule has 0 aliphatic heterocycles. The molecule has 0 saturated heterocycles. The third-order valence-corrected chi connectivity index (χ3v) is 7.89. The van der Waals surface area contributed by atoms with Crippen LogP contribution in [0.1, 0.15) is 44.1 Å². The van der Waals surface area contributed by atoms with Gasteiger partial charge >= 0.3 is 0 Å². The van der Waals surface area contributed by atoms with Crippen molar-refractivity contribution in [2.45, 2.75) is 50.6 Å². The summed E-state index contributed by atoms with van der Waals surface area (Å²) in [6.07, 6.45) is 9.93. The smallest absolute Gasteiger partial charge is 0.233 e. The first-order valence-electron chi connectivity index (χ1n) is 11.4. The van der Waals surface area contributed by atoms with Gasteiger partial charge in [-0.25, -0.2) is 9.67 Å². The van der Waals surface area contributed by atoms with Gasteiger partial charge in [-0.2, -0.15) is 5.10 Å². The van der Waals surface area contributed by atoms with E-state index < -0.39 is 0 Å². The van der Waals surface area contributed by atoms with Crippen LogP contribution in [0.2, 0.25) is 0 Å². The van der Waals surface area contributed by atoms with Crippen molar-refractivity contribution in [2.24, 2.45) is 17.3 Å². The van der Waals surface area contributed by atoms with Crippen molar-refractivity contribution < 1.29 is 4.79 Å². The molecule has 4 aliphatic carbocycles. The Labute approximate surface area is 183 Å². The zero-order valence-electron chi connectivity index (χ0n) is 17.7. The summed E-state index contributed by atoms with van der Waals surface area (Å²) >= 11 is 0. The maximum atomic E-state index is 14.4. The molecule has 2 unspecified atom stereocenters. The standard InChI is InChI=1S/C26H28N4O/c31-24(29(23-9-5-2-6-10-23)16-20-7-3-1-4-8-20)25-12-21-11-22(13-25)15-26(14-21,17-25)30-19-27-18-28-30/h1-10,18-19,21-22H,11-17H2/t21-,22+,25?,26?. The van der Waals surface area contributed by atoms with Crippen LogP contribution in [0.4, 0.5) is 5.69 Å². The lowest BCUT2D eigenvalue weighted by Crippen LogP contribution is -2.61. The molecule has 0 N–H and O–H groups in total. The summed E-state index contributed by atoms with van der Waals surface area (Å²) in [5.74, 6) is 1.49. The van der Waals surface area contributed by atoms with E-state index in [1.54, 1.807) is 6.33 Å². The largest absolute Gasteiger partial charge is 0.308 e. The predicted molar refractivity (Wildman–Crippen MR) is 119 cm³/mol. The number of para-hydroxylation sites is 1. The Morgan fingerprint density at radius 3 is 2.29 bits per heavy atom. The zero-order valence-corrected chi connectivity index (χ0v) is 17.7. The molecular formula is C26H28N4O. The highest BCUT2D eigenvalue weighted by atomic mass is 16.2. The van der Waals surface area contributed by atoms with Gasteiger partial charge in [-0.3, -0.25) is 4.79 Å². The van der Waals surface area contributed by atoms with E-state index in [-0.39, 0.29) is 11.0 Å². The van der Waals surface area contributed by atoms with Gasteiger partial charge in [-0.05, 0) is 68.1 Å². The first-order chi connectivity index (χ1) is 15.2. The quantitative estimate of drug-likeness (QED) is 0.604. The van der Waals surface area contributed by atoms with Gasteiger partial charge in [0.15, 0.2) is 0 Å². The molecule has 4 atom stereocenters. The Bertz CT molecular complexity index is 1050. The minimum atomic E-state index is -0.305. The second kappa shape index (κ2) is 7.04. The Kier molecular flexibility index (Phi) is 4.27. The van der Waals surface area contributed by atoms with Gasteiger partial charge in [-0.15, -0.1) is 0 Å². The molecule has 158 valence electrons. The van der Waals surface area contributed by atoms with Crippen LogP contribution in [0.15, 0.2) is 73.3 Å². The van der Waals surface area contributed by atoms with Crippen LogP contribution >= 0.6 is 0 Å². The van der Waals surface area contributed by atoms with E-state index in [0.717, 1.165) is 43.4 Å². The number of aromatic nitrogens is 3. The molecule has 1 heterocycles. The van der Waals surface area contributed by atoms with E-state index >= 15 is 0 Å². The van der Waals surface area contributed by atoms with Crippen LogP contribution in [-0.4, -0.2) is 20.7 Å². The van der Waals surface area contributed by atoms with Crippen LogP contribution in [0, 0.1) is 17.3 Å². The summed E-state index contributed by atoms with van der Waals surface area (Å²) < 4.78 is 2.08. The van der Waals surface area contributed by atoms with Gasteiger partial charge in [0, 0.05) is 5.69 Å². The number of carbonyl (C=O) groups excluding carboxylic acids is 1. The third kappa shape index (κ3) is 3.10. The molecule has 5 heteroatoms. The fourth-order valence-corrected chi connectivity index (χ4v) is 7.13. The number of carbonyl (C=O) groups is 1. The van der Waals surface area contributed by atoms with Gasteiger partial charge in [0.1, 0.15) is 12.7 Å². The lowest BCUT2D eigenvalue weighted by molar-refractivity contribution is -0.153. The van der Waals surface area contributed by atoms with Crippen molar-refractivity contribution in [3.63, 3.8) is 0 Å². The van der Waals surface area contributed by atoms with Crippen molar-refractivity contribution in [1.29, 1.82) is 0 Å². The highest BCUT2D eigenvalue weighted by Crippen LogP contribution is 2.64. The molecule has 31 heavy (non-hydrogen) atoms. The molecule has 2 aromatic carbocycles. The number of amides is 1. The molecule has 1 amide bonds. The molecule has 4 fully saturated rings. The summed E-state index contributed by atoms with van der Waals surface area (Å²) in [4.78, 5) is 20.7. The normalized spacial score (nSPS) is 31.0. The van der Waals surface area contributed by atoms with Crippen molar-refractivity contribution in [2.75, 3.05) is 4.90 Å². The van der Waals surface area contributed by atoms with E-state index in [4.69, 9.17) is 0 Å². The lowest BCUT2D eigenvalue weighted by Gasteiger charge is -2.61. The minimum absolute atomic E-state index is 0.0502. The Morgan fingerprint density at radius 1 is 0.968 bits per heavy atom. The summed E-state index contributed by atoms with van der Waals surface area (Å²) in [7, 11) is 0. The highest BCUT2D eigenvalue weighted by molar-refractivity contribution is 5.98. The second-order valence-electron chi connectivity index (χ2n) is 10.0. The number of anilines is 1. The number of hydrogen-bond acceptors (Lipinski definition) is 3. The van der Waals surface area contributed by atoms with E-state index in [9.17, 15) is 4.79 Å². The topological polar surface area (TPSA) is 51.0 Å². The number of nitrogens with zero attached hydrogens (tertiary/aromatic N) is 4. The maximum Gasteiger partial charge on any atom is 0.233 e. The zero-order chi connectivity index (χ0) is 20.9. The number of rotatable bonds is 5. The Morgan fingerprint density at radius 2 is 1.65 bits per heavy atom. The lowest BCUT2D eigenvalue weighted by atomic mass is 9.46. The first kappa shape index (κ1) is 18.8. The van der Waals surface area contributed by atoms with Crippen LogP contribution in [0.3, 0.4) is 0 Å². The molecule has 5 nitrogen and oxygen atoms in total. The molecule has 7 rings (SSSR count). The number of hydrogen-bond donors (Lipinski definition) is 0. The van der Waals surface area contributed by atoms with Crippen molar-refractivity contribution in [3.8, 4) is 0 Å². The molecular weight excluding hydrogens is 384 g/mol. The molecule has 0 radical (unpaired) electrons. The molecule has 4 saturated carbocycles. The van der Waals surface area contributed by atoms with E-state index in [1.165, 1.54) is 6.42 Å². The second-order valence-corrected chi connectivity index (χ2v) is 10.0. The van der Waals surface area contributed by atoms with Crippen LogP contribution in [0.25, 0.3) is 0 Å². The summed E-state index contributed by atoms with van der Waals surface area (Å²) in [6, 6.07) is 20.5. The summed E-state index contributed by atoms with van der Waals surface area (Å²) in [5, 5.41) is 4.55. The SMILES string of the molecule is O=C(N(Cc1ccccc1)c1ccccc1)C12C[C@H]3C[C@@H](C1)CC(n1cncn1)(C3)C2. The molecule has 1 aromatic heterocycles. The maximum absolute atomic E-state index is 14.4. The Hall–Kier alpha value is -2.95. The van der Waals surface area contributed by atoms with Gasteiger partial charge in [-0.1, -0.05) is 48.5 Å². The first-order valence-corrected chi connectivity index (χ1v) is 11.4. The van der Waals surface area contributed by atoms with Crippen molar-refractivity contribution in [1.82, 2.24) is 14.8 Å².